The molecule has 106 valence electrons. The zero-order valence-electron chi connectivity index (χ0n) is 11.5. The fraction of sp³-hybridized carbons (Fsp3) is 0.600. The predicted molar refractivity (Wildman–Crippen MR) is 71.3 cm³/mol. The van der Waals surface area contributed by atoms with E-state index in [1.807, 2.05) is 6.07 Å². The van der Waals surface area contributed by atoms with Gasteiger partial charge in [0.25, 0.3) is 0 Å². The maximum atomic E-state index is 12.9. The molecule has 0 saturated heterocycles. The van der Waals surface area contributed by atoms with E-state index >= 15 is 0 Å². The molecular formula is C15H20F3N. The van der Waals surface area contributed by atoms with Gasteiger partial charge in [-0.3, -0.25) is 0 Å². The number of hydrogen-bond acceptors (Lipinski definition) is 1. The summed E-state index contributed by atoms with van der Waals surface area (Å²) in [6, 6.07) is 4.50. The van der Waals surface area contributed by atoms with Gasteiger partial charge in [0.1, 0.15) is 0 Å². The summed E-state index contributed by atoms with van der Waals surface area (Å²) >= 11 is 0. The predicted octanol–water partition coefficient (Wildman–Crippen LogP) is 4.90. The molecular weight excluding hydrogens is 251 g/mol. The van der Waals surface area contributed by atoms with Gasteiger partial charge < -0.3 is 5.32 Å². The van der Waals surface area contributed by atoms with E-state index in [2.05, 4.69) is 26.1 Å². The summed E-state index contributed by atoms with van der Waals surface area (Å²) < 4.78 is 38.8. The van der Waals surface area contributed by atoms with Crippen molar-refractivity contribution in [2.24, 2.45) is 11.8 Å². The molecule has 1 aromatic rings. The highest BCUT2D eigenvalue weighted by molar-refractivity contribution is 5.64. The summed E-state index contributed by atoms with van der Waals surface area (Å²) in [6.45, 7) is 7.02. The normalized spacial score (nSPS) is 20.3. The molecule has 0 fully saturated rings. The summed E-state index contributed by atoms with van der Waals surface area (Å²) in [5, 5.41) is 2.96. The largest absolute Gasteiger partial charge is 0.418 e. The highest BCUT2D eigenvalue weighted by Gasteiger charge is 2.38. The smallest absolute Gasteiger partial charge is 0.384 e. The first-order valence-corrected chi connectivity index (χ1v) is 6.74. The molecule has 4 heteroatoms. The highest BCUT2D eigenvalue weighted by Crippen LogP contribution is 2.45. The van der Waals surface area contributed by atoms with Gasteiger partial charge in [-0.25, -0.2) is 0 Å². The lowest BCUT2D eigenvalue weighted by molar-refractivity contribution is -0.136. The van der Waals surface area contributed by atoms with Crippen molar-refractivity contribution in [1.82, 2.24) is 0 Å². The molecule has 0 saturated carbocycles. The van der Waals surface area contributed by atoms with Gasteiger partial charge in [0.15, 0.2) is 0 Å². The van der Waals surface area contributed by atoms with E-state index in [9.17, 15) is 13.2 Å². The van der Waals surface area contributed by atoms with Crippen LogP contribution < -0.4 is 5.32 Å². The minimum Gasteiger partial charge on any atom is -0.384 e. The summed E-state index contributed by atoms with van der Waals surface area (Å²) in [4.78, 5) is 0. The number of fused-ring (bicyclic) bond motifs is 1. The molecule has 0 amide bonds. The van der Waals surface area contributed by atoms with Crippen molar-refractivity contribution in [2.75, 3.05) is 11.9 Å². The van der Waals surface area contributed by atoms with Crippen molar-refractivity contribution >= 4 is 5.69 Å². The van der Waals surface area contributed by atoms with Crippen molar-refractivity contribution in [1.29, 1.82) is 0 Å². The molecule has 2 unspecified atom stereocenters. The van der Waals surface area contributed by atoms with Crippen LogP contribution in [-0.4, -0.2) is 6.54 Å². The maximum absolute atomic E-state index is 12.9. The van der Waals surface area contributed by atoms with Gasteiger partial charge in [-0.15, -0.1) is 0 Å². The second-order valence-corrected chi connectivity index (χ2v) is 5.86. The molecule has 1 N–H and O–H groups in total. The van der Waals surface area contributed by atoms with E-state index in [0.717, 1.165) is 18.1 Å². The second-order valence-electron chi connectivity index (χ2n) is 5.86. The SMILES string of the molecule is CC(C)CC(C)C1CNc2c1cccc2C(F)(F)F. The molecule has 0 radical (unpaired) electrons. The third-order valence-corrected chi connectivity index (χ3v) is 3.83. The van der Waals surface area contributed by atoms with Gasteiger partial charge in [-0.05, 0) is 29.9 Å². The summed E-state index contributed by atoms with van der Waals surface area (Å²) in [5.41, 5.74) is 0.572. The van der Waals surface area contributed by atoms with Crippen LogP contribution in [0.3, 0.4) is 0 Å². The lowest BCUT2D eigenvalue weighted by Crippen LogP contribution is -2.14. The van der Waals surface area contributed by atoms with Crippen molar-refractivity contribution in [3.8, 4) is 0 Å². The number of hydrogen-bond donors (Lipinski definition) is 1. The second kappa shape index (κ2) is 5.06. The van der Waals surface area contributed by atoms with Crippen LogP contribution in [0.4, 0.5) is 18.9 Å². The van der Waals surface area contributed by atoms with Crippen LogP contribution in [0.2, 0.25) is 0 Å². The number of nitrogens with one attached hydrogen (secondary N) is 1. The lowest BCUT2D eigenvalue weighted by Gasteiger charge is -2.21. The van der Waals surface area contributed by atoms with E-state index in [4.69, 9.17) is 0 Å². The quantitative estimate of drug-likeness (QED) is 0.824. The fourth-order valence-electron chi connectivity index (χ4n) is 3.05. The monoisotopic (exact) mass is 271 g/mol. The zero-order valence-corrected chi connectivity index (χ0v) is 11.5. The van der Waals surface area contributed by atoms with Crippen LogP contribution in [0, 0.1) is 11.8 Å². The van der Waals surface area contributed by atoms with Crippen LogP contribution in [0.1, 0.15) is 44.2 Å². The van der Waals surface area contributed by atoms with Crippen molar-refractivity contribution < 1.29 is 13.2 Å². The Kier molecular flexibility index (Phi) is 3.79. The lowest BCUT2D eigenvalue weighted by atomic mass is 9.83. The summed E-state index contributed by atoms with van der Waals surface area (Å²) in [5.74, 6) is 1.13. The number of alkyl halides is 3. The van der Waals surface area contributed by atoms with Crippen LogP contribution in [0.15, 0.2) is 18.2 Å². The summed E-state index contributed by atoms with van der Waals surface area (Å²) in [6.07, 6.45) is -3.25. The highest BCUT2D eigenvalue weighted by atomic mass is 19.4. The van der Waals surface area contributed by atoms with Crippen LogP contribution >= 0.6 is 0 Å². The Balaban J connectivity index is 2.31. The van der Waals surface area contributed by atoms with Gasteiger partial charge in [0.05, 0.1) is 5.56 Å². The molecule has 0 spiro atoms. The number of rotatable bonds is 3. The topological polar surface area (TPSA) is 12.0 Å². The molecule has 1 aliphatic heterocycles. The van der Waals surface area contributed by atoms with Crippen molar-refractivity contribution in [2.45, 2.75) is 39.3 Å². The Morgan fingerprint density at radius 1 is 1.26 bits per heavy atom. The molecule has 1 aromatic carbocycles. The van der Waals surface area contributed by atoms with E-state index in [1.165, 1.54) is 6.07 Å². The Morgan fingerprint density at radius 3 is 2.53 bits per heavy atom. The Hall–Kier alpha value is -1.19. The number of halogens is 3. The first kappa shape index (κ1) is 14.2. The molecule has 2 rings (SSSR count). The Morgan fingerprint density at radius 2 is 1.95 bits per heavy atom. The van der Waals surface area contributed by atoms with E-state index in [1.54, 1.807) is 0 Å². The molecule has 0 aromatic heterocycles. The van der Waals surface area contributed by atoms with Crippen LogP contribution in [0.25, 0.3) is 0 Å². The maximum Gasteiger partial charge on any atom is 0.418 e. The third-order valence-electron chi connectivity index (χ3n) is 3.83. The van der Waals surface area contributed by atoms with Crippen LogP contribution in [0.5, 0.6) is 0 Å². The van der Waals surface area contributed by atoms with Crippen LogP contribution in [-0.2, 0) is 6.18 Å². The first-order chi connectivity index (χ1) is 8.80. The molecule has 0 aliphatic carbocycles. The Bertz CT molecular complexity index is 451. The van der Waals surface area contributed by atoms with Gasteiger partial charge in [0, 0.05) is 18.2 Å². The van der Waals surface area contributed by atoms with E-state index in [-0.39, 0.29) is 11.6 Å². The molecule has 1 aliphatic rings. The Labute approximate surface area is 112 Å². The molecule has 19 heavy (non-hydrogen) atoms. The third kappa shape index (κ3) is 2.88. The van der Waals surface area contributed by atoms with Gasteiger partial charge in [-0.1, -0.05) is 32.9 Å². The number of benzene rings is 1. The molecule has 1 heterocycles. The number of para-hydroxylation sites is 1. The van der Waals surface area contributed by atoms with Crippen molar-refractivity contribution in [3.05, 3.63) is 29.3 Å². The van der Waals surface area contributed by atoms with Gasteiger partial charge >= 0.3 is 6.18 Å². The summed E-state index contributed by atoms with van der Waals surface area (Å²) in [7, 11) is 0. The average molecular weight is 271 g/mol. The minimum atomic E-state index is -4.28. The number of anilines is 1. The van der Waals surface area contributed by atoms with Crippen molar-refractivity contribution in [3.63, 3.8) is 0 Å². The van der Waals surface area contributed by atoms with Gasteiger partial charge in [0.2, 0.25) is 0 Å². The molecule has 0 bridgehead atoms. The van der Waals surface area contributed by atoms with Gasteiger partial charge in [-0.2, -0.15) is 13.2 Å². The van der Waals surface area contributed by atoms with E-state index < -0.39 is 11.7 Å². The fourth-order valence-corrected chi connectivity index (χ4v) is 3.05. The molecule has 1 nitrogen and oxygen atoms in total. The minimum absolute atomic E-state index is 0.180. The van der Waals surface area contributed by atoms with E-state index in [0.29, 0.717) is 18.4 Å². The standard InChI is InChI=1S/C15H20F3N/c1-9(2)7-10(3)12-8-19-14-11(12)5-4-6-13(14)15(16,17)18/h4-6,9-10,12,19H,7-8H2,1-3H3. The molecule has 2 atom stereocenters. The zero-order chi connectivity index (χ0) is 14.2. The average Bonchev–Trinajstić information content (AvgIpc) is 2.69. The first-order valence-electron chi connectivity index (χ1n) is 6.74.